The molecule has 0 aliphatic heterocycles. The van der Waals surface area contributed by atoms with Crippen LogP contribution in [-0.4, -0.2) is 30.7 Å². The van der Waals surface area contributed by atoms with E-state index in [9.17, 15) is 9.59 Å². The van der Waals surface area contributed by atoms with Crippen molar-refractivity contribution in [1.29, 1.82) is 0 Å². The van der Waals surface area contributed by atoms with Crippen molar-refractivity contribution >= 4 is 12.0 Å². The second-order valence-corrected chi connectivity index (χ2v) is 8.29. The third-order valence-electron chi connectivity index (χ3n) is 5.84. The summed E-state index contributed by atoms with van der Waals surface area (Å²) >= 11 is 0. The second kappa shape index (κ2) is 9.69. The predicted molar refractivity (Wildman–Crippen MR) is 125 cm³/mol. The van der Waals surface area contributed by atoms with Gasteiger partial charge in [0.1, 0.15) is 12.6 Å². The highest BCUT2D eigenvalue weighted by Crippen LogP contribution is 2.44. The molecule has 3 aromatic carbocycles. The van der Waals surface area contributed by atoms with Gasteiger partial charge >= 0.3 is 6.09 Å². The van der Waals surface area contributed by atoms with E-state index in [0.717, 1.165) is 23.1 Å². The largest absolute Gasteiger partial charge is 0.449 e. The Morgan fingerprint density at radius 1 is 0.812 bits per heavy atom. The molecule has 2 atom stereocenters. The summed E-state index contributed by atoms with van der Waals surface area (Å²) in [6.07, 6.45) is 0.134. The fourth-order valence-electron chi connectivity index (χ4n) is 4.27. The van der Waals surface area contributed by atoms with Crippen molar-refractivity contribution in [3.63, 3.8) is 0 Å². The number of hydrogen-bond acceptors (Lipinski definition) is 3. The van der Waals surface area contributed by atoms with Gasteiger partial charge in [0.25, 0.3) is 0 Å². The summed E-state index contributed by atoms with van der Waals surface area (Å²) in [5, 5.41) is 5.60. The first kappa shape index (κ1) is 21.6. The van der Waals surface area contributed by atoms with Gasteiger partial charge < -0.3 is 15.4 Å². The quantitative estimate of drug-likeness (QED) is 0.575. The number of rotatable bonds is 7. The molecule has 5 heteroatoms. The van der Waals surface area contributed by atoms with E-state index in [1.807, 2.05) is 61.5 Å². The summed E-state index contributed by atoms with van der Waals surface area (Å²) in [6.45, 7) is 3.83. The third kappa shape index (κ3) is 4.83. The normalized spacial score (nSPS) is 14.1. The first-order valence-electron chi connectivity index (χ1n) is 11.0. The van der Waals surface area contributed by atoms with Crippen LogP contribution in [0.4, 0.5) is 4.79 Å². The molecule has 2 amide bonds. The Morgan fingerprint density at radius 3 is 2.00 bits per heavy atom. The van der Waals surface area contributed by atoms with E-state index in [0.29, 0.717) is 0 Å². The summed E-state index contributed by atoms with van der Waals surface area (Å²) in [7, 11) is 0. The molecule has 4 rings (SSSR count). The average Bonchev–Trinajstić information content (AvgIpc) is 3.12. The first-order valence-corrected chi connectivity index (χ1v) is 11.0. The summed E-state index contributed by atoms with van der Waals surface area (Å²) in [5.74, 6) is -0.245. The highest BCUT2D eigenvalue weighted by atomic mass is 16.5. The predicted octanol–water partition coefficient (Wildman–Crippen LogP) is 4.66. The molecule has 0 aromatic heterocycles. The van der Waals surface area contributed by atoms with Crippen LogP contribution in [0, 0.1) is 0 Å². The van der Waals surface area contributed by atoms with Crippen LogP contribution in [0.25, 0.3) is 11.1 Å². The molecule has 0 saturated carbocycles. The van der Waals surface area contributed by atoms with E-state index in [4.69, 9.17) is 4.74 Å². The lowest BCUT2D eigenvalue weighted by Crippen LogP contribution is -2.48. The van der Waals surface area contributed by atoms with Crippen molar-refractivity contribution in [3.8, 4) is 11.1 Å². The maximum absolute atomic E-state index is 12.5. The molecule has 0 fully saturated rings. The van der Waals surface area contributed by atoms with Gasteiger partial charge in [-0.15, -0.1) is 0 Å². The van der Waals surface area contributed by atoms with Gasteiger partial charge in [-0.1, -0.05) is 78.9 Å². The Labute approximate surface area is 188 Å². The number of carbonyl (C=O) groups is 2. The van der Waals surface area contributed by atoms with Crippen LogP contribution >= 0.6 is 0 Å². The maximum Gasteiger partial charge on any atom is 0.407 e. The molecule has 0 unspecified atom stereocenters. The summed E-state index contributed by atoms with van der Waals surface area (Å²) in [4.78, 5) is 24.9. The summed E-state index contributed by atoms with van der Waals surface area (Å²) < 4.78 is 5.53. The molecule has 0 saturated heterocycles. The van der Waals surface area contributed by atoms with Crippen molar-refractivity contribution in [1.82, 2.24) is 10.6 Å². The van der Waals surface area contributed by atoms with Crippen molar-refractivity contribution in [2.24, 2.45) is 0 Å². The van der Waals surface area contributed by atoms with Crippen molar-refractivity contribution in [2.45, 2.75) is 38.3 Å². The number of fused-ring (bicyclic) bond motifs is 3. The number of amides is 2. The molecule has 5 nitrogen and oxygen atoms in total. The van der Waals surface area contributed by atoms with Gasteiger partial charge in [0.05, 0.1) is 0 Å². The fraction of sp³-hybridized carbons (Fsp3) is 0.259. The molecule has 0 bridgehead atoms. The molecule has 32 heavy (non-hydrogen) atoms. The van der Waals surface area contributed by atoms with E-state index in [1.165, 1.54) is 11.1 Å². The van der Waals surface area contributed by atoms with Gasteiger partial charge in [-0.2, -0.15) is 0 Å². The van der Waals surface area contributed by atoms with E-state index in [-0.39, 0.29) is 24.5 Å². The van der Waals surface area contributed by atoms with Crippen LogP contribution in [0.5, 0.6) is 0 Å². The van der Waals surface area contributed by atoms with Gasteiger partial charge in [-0.3, -0.25) is 4.79 Å². The Morgan fingerprint density at radius 2 is 1.38 bits per heavy atom. The molecule has 3 aromatic rings. The Bertz CT molecular complexity index is 1050. The highest BCUT2D eigenvalue weighted by Gasteiger charge is 2.29. The minimum atomic E-state index is -0.691. The number of carbonyl (C=O) groups excluding carboxylic acids is 2. The van der Waals surface area contributed by atoms with Gasteiger partial charge in [-0.05, 0) is 48.1 Å². The molecule has 2 N–H and O–H groups in total. The van der Waals surface area contributed by atoms with Crippen molar-refractivity contribution < 1.29 is 14.3 Å². The van der Waals surface area contributed by atoms with Crippen LogP contribution in [0.2, 0.25) is 0 Å². The number of nitrogens with one attached hydrogen (secondary N) is 2. The lowest BCUT2D eigenvalue weighted by Gasteiger charge is -2.19. The zero-order chi connectivity index (χ0) is 22.5. The lowest BCUT2D eigenvalue weighted by molar-refractivity contribution is -0.123. The second-order valence-electron chi connectivity index (χ2n) is 8.29. The van der Waals surface area contributed by atoms with Gasteiger partial charge in [-0.25, -0.2) is 4.79 Å². The zero-order valence-electron chi connectivity index (χ0n) is 18.4. The van der Waals surface area contributed by atoms with Gasteiger partial charge in [0, 0.05) is 12.0 Å². The third-order valence-corrected chi connectivity index (χ3v) is 5.84. The highest BCUT2D eigenvalue weighted by molar-refractivity contribution is 5.85. The fourth-order valence-corrected chi connectivity index (χ4v) is 4.27. The smallest absolute Gasteiger partial charge is 0.407 e. The molecule has 1 aliphatic rings. The maximum atomic E-state index is 12.5. The molecular weight excluding hydrogens is 400 g/mol. The molecule has 0 spiro atoms. The van der Waals surface area contributed by atoms with Crippen LogP contribution < -0.4 is 10.6 Å². The van der Waals surface area contributed by atoms with Crippen molar-refractivity contribution in [2.75, 3.05) is 6.61 Å². The molecule has 0 heterocycles. The molecular formula is C27H28N2O3. The van der Waals surface area contributed by atoms with E-state index in [1.54, 1.807) is 6.92 Å². The zero-order valence-corrected chi connectivity index (χ0v) is 18.4. The SMILES string of the molecule is C[C@H](Cc1ccccc1)NC(=O)[C@H](C)NC(=O)OCC1c2ccccc2-c2ccccc21. The molecule has 0 radical (unpaired) electrons. The number of benzene rings is 3. The van der Waals surface area contributed by atoms with Gasteiger partial charge in [0.15, 0.2) is 0 Å². The minimum absolute atomic E-state index is 0.0109. The van der Waals surface area contributed by atoms with Crippen LogP contribution in [0.3, 0.4) is 0 Å². The molecule has 1 aliphatic carbocycles. The number of ether oxygens (including phenoxy) is 1. The standard InChI is InChI=1S/C27H28N2O3/c1-18(16-20-10-4-3-5-11-20)28-26(30)19(2)29-27(31)32-17-25-23-14-8-6-12-21(23)22-13-7-9-15-24(22)25/h3-15,18-19,25H,16-17H2,1-2H3,(H,28,30)(H,29,31)/t18-,19+/m1/s1. The van der Waals surface area contributed by atoms with Gasteiger partial charge in [0.2, 0.25) is 5.91 Å². The Balaban J connectivity index is 1.30. The van der Waals surface area contributed by atoms with Crippen LogP contribution in [0.15, 0.2) is 78.9 Å². The van der Waals surface area contributed by atoms with E-state index in [2.05, 4.69) is 34.9 Å². The number of alkyl carbamates (subject to hydrolysis) is 1. The first-order chi connectivity index (χ1) is 15.5. The lowest BCUT2D eigenvalue weighted by atomic mass is 9.98. The summed E-state index contributed by atoms with van der Waals surface area (Å²) in [6, 6.07) is 25.6. The average molecular weight is 429 g/mol. The summed E-state index contributed by atoms with van der Waals surface area (Å²) in [5.41, 5.74) is 5.82. The topological polar surface area (TPSA) is 67.4 Å². The minimum Gasteiger partial charge on any atom is -0.449 e. The van der Waals surface area contributed by atoms with Crippen molar-refractivity contribution in [3.05, 3.63) is 95.6 Å². The van der Waals surface area contributed by atoms with E-state index >= 15 is 0 Å². The van der Waals surface area contributed by atoms with Crippen LogP contribution in [0.1, 0.15) is 36.5 Å². The monoisotopic (exact) mass is 428 g/mol. The van der Waals surface area contributed by atoms with E-state index < -0.39 is 12.1 Å². The Hall–Kier alpha value is -3.60. The Kier molecular flexibility index (Phi) is 6.55. The molecule has 164 valence electrons. The van der Waals surface area contributed by atoms with Crippen LogP contribution in [-0.2, 0) is 16.0 Å². The number of hydrogen-bond donors (Lipinski definition) is 2.